The number of carbonyl (C=O) groups is 1. The molecule has 1 amide bonds. The molecule has 0 saturated heterocycles. The molecular formula is C26H37N3O6S. The molecule has 1 unspecified atom stereocenters. The van der Waals surface area contributed by atoms with Crippen LogP contribution in [0.25, 0.3) is 0 Å². The molecule has 10 heteroatoms. The van der Waals surface area contributed by atoms with Crippen LogP contribution in [0.4, 0.5) is 0 Å². The number of ether oxygens (including phenoxy) is 2. The van der Waals surface area contributed by atoms with E-state index < -0.39 is 39.5 Å². The summed E-state index contributed by atoms with van der Waals surface area (Å²) in [4.78, 5) is 13.0. The monoisotopic (exact) mass is 519 g/mol. The molecule has 4 N–H and O–H groups in total. The molecule has 2 aromatic carbocycles. The maximum absolute atomic E-state index is 13.6. The lowest BCUT2D eigenvalue weighted by molar-refractivity contribution is -0.126. The Bertz CT molecular complexity index is 1150. The maximum atomic E-state index is 13.6. The molecule has 0 fully saturated rings. The standard InChI is InChI=1S/C26H37N3O6S/c1-17(2)14-29(36(32,33)19-11-12-21-22(13-19)35-16-34-21)15-20(30)23(18-9-7-6-8-10-18)28-25(31)24(27)26(3,4)5/h6-13,17,20,23-24,30H,14-16,27H2,1-5H3,(H,28,31)/t20-,23?,24-/m1/s1. The minimum atomic E-state index is -4.00. The van der Waals surface area contributed by atoms with Crippen molar-refractivity contribution in [3.8, 4) is 11.5 Å². The van der Waals surface area contributed by atoms with Crippen LogP contribution in [0.5, 0.6) is 11.5 Å². The predicted octanol–water partition coefficient (Wildman–Crippen LogP) is 2.65. The van der Waals surface area contributed by atoms with Gasteiger partial charge in [-0.1, -0.05) is 65.0 Å². The molecule has 1 aliphatic rings. The van der Waals surface area contributed by atoms with E-state index in [-0.39, 0.29) is 30.7 Å². The zero-order chi connectivity index (χ0) is 26.7. The van der Waals surface area contributed by atoms with Gasteiger partial charge < -0.3 is 25.6 Å². The van der Waals surface area contributed by atoms with Crippen LogP contribution in [0.2, 0.25) is 0 Å². The van der Waals surface area contributed by atoms with Crippen molar-refractivity contribution >= 4 is 15.9 Å². The molecule has 198 valence electrons. The first-order valence-electron chi connectivity index (χ1n) is 12.0. The van der Waals surface area contributed by atoms with Crippen LogP contribution in [-0.2, 0) is 14.8 Å². The fourth-order valence-corrected chi connectivity index (χ4v) is 5.51. The van der Waals surface area contributed by atoms with Crippen LogP contribution in [0, 0.1) is 11.3 Å². The molecule has 0 aliphatic carbocycles. The molecule has 0 aromatic heterocycles. The molecule has 0 bridgehead atoms. The van der Waals surface area contributed by atoms with E-state index in [4.69, 9.17) is 15.2 Å². The van der Waals surface area contributed by atoms with E-state index in [2.05, 4.69) is 5.32 Å². The Morgan fingerprint density at radius 2 is 1.72 bits per heavy atom. The Morgan fingerprint density at radius 3 is 2.33 bits per heavy atom. The smallest absolute Gasteiger partial charge is 0.243 e. The number of fused-ring (bicyclic) bond motifs is 1. The Kier molecular flexibility index (Phi) is 8.66. The average molecular weight is 520 g/mol. The van der Waals surface area contributed by atoms with E-state index in [9.17, 15) is 18.3 Å². The van der Waals surface area contributed by atoms with Crippen molar-refractivity contribution < 1.29 is 27.8 Å². The number of aliphatic hydroxyl groups is 1. The Hall–Kier alpha value is -2.66. The van der Waals surface area contributed by atoms with Gasteiger partial charge in [0.1, 0.15) is 0 Å². The molecule has 3 rings (SSSR count). The fourth-order valence-electron chi connectivity index (χ4n) is 3.88. The Morgan fingerprint density at radius 1 is 1.08 bits per heavy atom. The number of aliphatic hydroxyl groups excluding tert-OH is 1. The summed E-state index contributed by atoms with van der Waals surface area (Å²) in [5.74, 6) is 0.391. The lowest BCUT2D eigenvalue weighted by Gasteiger charge is -2.33. The largest absolute Gasteiger partial charge is 0.454 e. The zero-order valence-corrected chi connectivity index (χ0v) is 22.3. The number of amides is 1. The molecule has 0 radical (unpaired) electrons. The third-order valence-corrected chi connectivity index (χ3v) is 7.83. The van der Waals surface area contributed by atoms with Gasteiger partial charge in [-0.2, -0.15) is 4.31 Å². The van der Waals surface area contributed by atoms with Crippen molar-refractivity contribution in [2.24, 2.45) is 17.1 Å². The number of rotatable bonds is 10. The molecule has 1 heterocycles. The number of benzene rings is 2. The zero-order valence-electron chi connectivity index (χ0n) is 21.5. The Balaban J connectivity index is 1.91. The third-order valence-electron chi connectivity index (χ3n) is 6.00. The van der Waals surface area contributed by atoms with Crippen molar-refractivity contribution in [1.82, 2.24) is 9.62 Å². The minimum Gasteiger partial charge on any atom is -0.454 e. The van der Waals surface area contributed by atoms with Gasteiger partial charge in [0, 0.05) is 19.2 Å². The van der Waals surface area contributed by atoms with Crippen LogP contribution in [0.1, 0.15) is 46.2 Å². The quantitative estimate of drug-likeness (QED) is 0.440. The van der Waals surface area contributed by atoms with E-state index >= 15 is 0 Å². The summed E-state index contributed by atoms with van der Waals surface area (Å²) < 4.78 is 39.2. The molecule has 9 nitrogen and oxygen atoms in total. The SMILES string of the molecule is CC(C)CN(C[C@@H](O)C(NC(=O)[C@@H](N)C(C)(C)C)c1ccccc1)S(=O)(=O)c1ccc2c(c1)OCO2. The van der Waals surface area contributed by atoms with E-state index in [0.29, 0.717) is 17.1 Å². The first-order chi connectivity index (χ1) is 16.8. The summed E-state index contributed by atoms with van der Waals surface area (Å²) in [5.41, 5.74) is 6.30. The summed E-state index contributed by atoms with van der Waals surface area (Å²) in [7, 11) is -4.00. The van der Waals surface area contributed by atoms with Crippen molar-refractivity contribution in [2.45, 2.75) is 57.7 Å². The molecule has 0 saturated carbocycles. The normalized spacial score (nSPS) is 16.1. The number of nitrogens with zero attached hydrogens (tertiary/aromatic N) is 1. The van der Waals surface area contributed by atoms with Crippen molar-refractivity contribution in [3.63, 3.8) is 0 Å². The number of sulfonamides is 1. The van der Waals surface area contributed by atoms with Gasteiger partial charge in [0.05, 0.1) is 23.1 Å². The van der Waals surface area contributed by atoms with Crippen LogP contribution in [0.15, 0.2) is 53.4 Å². The van der Waals surface area contributed by atoms with Gasteiger partial charge in [-0.15, -0.1) is 0 Å². The van der Waals surface area contributed by atoms with Gasteiger partial charge in [0.2, 0.25) is 22.7 Å². The summed E-state index contributed by atoms with van der Waals surface area (Å²) >= 11 is 0. The topological polar surface area (TPSA) is 131 Å². The summed E-state index contributed by atoms with van der Waals surface area (Å²) in [6.45, 7) is 9.32. The molecule has 36 heavy (non-hydrogen) atoms. The van der Waals surface area contributed by atoms with Gasteiger partial charge in [0.15, 0.2) is 11.5 Å². The highest BCUT2D eigenvalue weighted by molar-refractivity contribution is 7.89. The molecule has 3 atom stereocenters. The highest BCUT2D eigenvalue weighted by Crippen LogP contribution is 2.35. The van der Waals surface area contributed by atoms with E-state index in [1.807, 2.05) is 40.7 Å². The van der Waals surface area contributed by atoms with Gasteiger partial charge in [-0.25, -0.2) is 8.42 Å². The molecule has 0 spiro atoms. The highest BCUT2D eigenvalue weighted by Gasteiger charge is 2.35. The van der Waals surface area contributed by atoms with Crippen LogP contribution in [-0.4, -0.2) is 55.8 Å². The molecular weight excluding hydrogens is 482 g/mol. The number of carbonyl (C=O) groups excluding carboxylic acids is 1. The average Bonchev–Trinajstić information content (AvgIpc) is 3.29. The number of nitrogens with two attached hydrogens (primary N) is 1. The second-order valence-corrected chi connectivity index (χ2v) is 12.5. The summed E-state index contributed by atoms with van der Waals surface area (Å²) in [6, 6.07) is 11.7. The summed E-state index contributed by atoms with van der Waals surface area (Å²) in [5, 5.41) is 14.2. The number of hydrogen-bond acceptors (Lipinski definition) is 7. The van der Waals surface area contributed by atoms with Crippen LogP contribution >= 0.6 is 0 Å². The molecule has 1 aliphatic heterocycles. The van der Waals surface area contributed by atoms with Gasteiger partial charge in [-0.3, -0.25) is 4.79 Å². The maximum Gasteiger partial charge on any atom is 0.243 e. The van der Waals surface area contributed by atoms with E-state index in [0.717, 1.165) is 0 Å². The predicted molar refractivity (Wildman–Crippen MR) is 137 cm³/mol. The van der Waals surface area contributed by atoms with E-state index in [1.54, 1.807) is 30.3 Å². The highest BCUT2D eigenvalue weighted by atomic mass is 32.2. The van der Waals surface area contributed by atoms with Crippen molar-refractivity contribution in [2.75, 3.05) is 19.9 Å². The second kappa shape index (κ2) is 11.2. The third kappa shape index (κ3) is 6.56. The Labute approximate surface area is 213 Å². The van der Waals surface area contributed by atoms with Crippen LogP contribution < -0.4 is 20.5 Å². The summed E-state index contributed by atoms with van der Waals surface area (Å²) in [6.07, 6.45) is -1.24. The van der Waals surface area contributed by atoms with Gasteiger partial charge in [-0.05, 0) is 29.0 Å². The van der Waals surface area contributed by atoms with Gasteiger partial charge in [0.25, 0.3) is 0 Å². The van der Waals surface area contributed by atoms with Crippen molar-refractivity contribution in [3.05, 3.63) is 54.1 Å². The first-order valence-corrected chi connectivity index (χ1v) is 13.4. The van der Waals surface area contributed by atoms with E-state index in [1.165, 1.54) is 16.4 Å². The number of nitrogens with one attached hydrogen (secondary N) is 1. The molecule has 2 aromatic rings. The number of hydrogen-bond donors (Lipinski definition) is 3. The second-order valence-electron chi connectivity index (χ2n) is 10.5. The minimum absolute atomic E-state index is 0.0138. The lowest BCUT2D eigenvalue weighted by atomic mass is 9.86. The fraction of sp³-hybridized carbons (Fsp3) is 0.500. The lowest BCUT2D eigenvalue weighted by Crippen LogP contribution is -2.52. The van der Waals surface area contributed by atoms with Gasteiger partial charge >= 0.3 is 0 Å². The first kappa shape index (κ1) is 27.9. The van der Waals surface area contributed by atoms with Crippen molar-refractivity contribution in [1.29, 1.82) is 0 Å². The van der Waals surface area contributed by atoms with Crippen LogP contribution in [0.3, 0.4) is 0 Å².